The van der Waals surface area contributed by atoms with E-state index < -0.39 is 26.6 Å². The lowest BCUT2D eigenvalue weighted by atomic mass is 9.76. The van der Waals surface area contributed by atoms with Crippen molar-refractivity contribution in [2.24, 2.45) is 5.41 Å². The third-order valence-corrected chi connectivity index (χ3v) is 7.49. The summed E-state index contributed by atoms with van der Waals surface area (Å²) in [5.41, 5.74) is -0.873. The van der Waals surface area contributed by atoms with Gasteiger partial charge in [-0.25, -0.2) is 8.42 Å². The third-order valence-electron chi connectivity index (χ3n) is 6.64. The summed E-state index contributed by atoms with van der Waals surface area (Å²) in [6.07, 6.45) is 1.91. The summed E-state index contributed by atoms with van der Waals surface area (Å²) in [7, 11) is -4.48. The molecule has 0 aromatic heterocycles. The van der Waals surface area contributed by atoms with Gasteiger partial charge in [-0.05, 0) is 71.1 Å². The Balaban J connectivity index is 2.13. The van der Waals surface area contributed by atoms with Crippen molar-refractivity contribution in [2.75, 3.05) is 0 Å². The van der Waals surface area contributed by atoms with E-state index in [1.165, 1.54) is 17.2 Å². The van der Waals surface area contributed by atoms with Gasteiger partial charge < -0.3 is 14.5 Å². The van der Waals surface area contributed by atoms with Crippen LogP contribution in [0.3, 0.4) is 0 Å². The lowest BCUT2D eigenvalue weighted by Gasteiger charge is -2.51. The van der Waals surface area contributed by atoms with E-state index in [0.29, 0.717) is 25.7 Å². The van der Waals surface area contributed by atoms with Gasteiger partial charge in [0, 0.05) is 23.9 Å². The summed E-state index contributed by atoms with van der Waals surface area (Å²) in [5.74, 6) is -0.295. The molecule has 1 aliphatic rings. The molecule has 1 aromatic rings. The molecule has 1 aliphatic heterocycles. The average molecular weight is 455 g/mol. The minimum absolute atomic E-state index is 0.0342. The van der Waals surface area contributed by atoms with Crippen molar-refractivity contribution in [3.8, 4) is 0 Å². The molecule has 8 heteroatoms. The zero-order valence-corrected chi connectivity index (χ0v) is 20.5. The molecule has 2 rings (SSSR count). The van der Waals surface area contributed by atoms with Gasteiger partial charge in [0.25, 0.3) is 0 Å². The van der Waals surface area contributed by atoms with E-state index in [0.717, 1.165) is 5.56 Å². The molecule has 0 aliphatic carbocycles. The molecule has 2 unspecified atom stereocenters. The fourth-order valence-corrected chi connectivity index (χ4v) is 5.15. The minimum Gasteiger partial charge on any atom is -0.744 e. The lowest BCUT2D eigenvalue weighted by molar-refractivity contribution is -0.260. The summed E-state index contributed by atoms with van der Waals surface area (Å²) in [6, 6.07) is 5.86. The molecule has 1 N–H and O–H groups in total. The highest BCUT2D eigenvalue weighted by molar-refractivity contribution is 7.85. The largest absolute Gasteiger partial charge is 0.744 e. The van der Waals surface area contributed by atoms with Gasteiger partial charge in [0.1, 0.15) is 16.2 Å². The maximum atomic E-state index is 13.2. The molecule has 7 nitrogen and oxygen atoms in total. The first kappa shape index (κ1) is 25.8. The minimum atomic E-state index is -4.48. The summed E-state index contributed by atoms with van der Waals surface area (Å²) in [5, 5.41) is 11.8. The molecular weight excluding hydrogens is 418 g/mol. The van der Waals surface area contributed by atoms with Crippen LogP contribution >= 0.6 is 0 Å². The van der Waals surface area contributed by atoms with Crippen molar-refractivity contribution in [1.29, 1.82) is 0 Å². The van der Waals surface area contributed by atoms with Gasteiger partial charge in [-0.2, -0.15) is 5.06 Å². The van der Waals surface area contributed by atoms with Crippen LogP contribution in [0.15, 0.2) is 29.2 Å². The van der Waals surface area contributed by atoms with Crippen LogP contribution in [-0.4, -0.2) is 46.4 Å². The average Bonchev–Trinajstić information content (AvgIpc) is 2.64. The van der Waals surface area contributed by atoms with E-state index in [1.807, 2.05) is 48.5 Å². The topological polar surface area (TPSA) is 107 Å². The fraction of sp³-hybridized carbons (Fsp3) is 0.696. The Morgan fingerprint density at radius 2 is 1.71 bits per heavy atom. The van der Waals surface area contributed by atoms with Gasteiger partial charge >= 0.3 is 5.97 Å². The normalized spacial score (nSPS) is 22.5. The Labute approximate surface area is 186 Å². The second kappa shape index (κ2) is 8.81. The first-order chi connectivity index (χ1) is 14.0. The number of nitrogens with zero attached hydrogens (tertiary/aromatic N) is 1. The van der Waals surface area contributed by atoms with Crippen LogP contribution in [0.25, 0.3) is 0 Å². The second-order valence-electron chi connectivity index (χ2n) is 10.4. The summed E-state index contributed by atoms with van der Waals surface area (Å²) in [4.78, 5) is 12.9. The molecule has 0 bridgehead atoms. The number of hydroxylamine groups is 2. The quantitative estimate of drug-likeness (QED) is 0.479. The number of hydrogen-bond donors (Lipinski definition) is 1. The van der Waals surface area contributed by atoms with Crippen LogP contribution in [0.1, 0.15) is 85.6 Å². The Kier molecular flexibility index (Phi) is 7.32. The molecule has 176 valence electrons. The monoisotopic (exact) mass is 454 g/mol. The molecule has 2 atom stereocenters. The molecule has 0 radical (unpaired) electrons. The van der Waals surface area contributed by atoms with Crippen LogP contribution in [0, 0.1) is 5.41 Å². The van der Waals surface area contributed by atoms with E-state index in [9.17, 15) is 23.0 Å². The van der Waals surface area contributed by atoms with Gasteiger partial charge in [0.15, 0.2) is 0 Å². The van der Waals surface area contributed by atoms with Crippen molar-refractivity contribution < 1.29 is 27.7 Å². The summed E-state index contributed by atoms with van der Waals surface area (Å²) < 4.78 is 39.4. The Morgan fingerprint density at radius 3 is 2.13 bits per heavy atom. The van der Waals surface area contributed by atoms with Gasteiger partial charge in [-0.3, -0.25) is 4.79 Å². The lowest BCUT2D eigenvalue weighted by Crippen LogP contribution is -2.61. The van der Waals surface area contributed by atoms with Gasteiger partial charge in [-0.15, -0.1) is 0 Å². The van der Waals surface area contributed by atoms with Crippen LogP contribution < -0.4 is 0 Å². The molecule has 1 aromatic carbocycles. The van der Waals surface area contributed by atoms with Crippen molar-refractivity contribution in [2.45, 2.75) is 102 Å². The van der Waals surface area contributed by atoms with Gasteiger partial charge in [-0.1, -0.05) is 26.0 Å². The van der Waals surface area contributed by atoms with Crippen LogP contribution in [0.2, 0.25) is 0 Å². The highest BCUT2D eigenvalue weighted by Crippen LogP contribution is 2.41. The smallest absolute Gasteiger partial charge is 0.312 e. The number of carbonyl (C=O) groups is 1. The van der Waals surface area contributed by atoms with Gasteiger partial charge in [0.05, 0.1) is 10.3 Å². The molecule has 0 amide bonds. The Hall–Kier alpha value is -1.48. The highest BCUT2D eigenvalue weighted by Gasteiger charge is 2.47. The first-order valence-corrected chi connectivity index (χ1v) is 12.2. The summed E-state index contributed by atoms with van der Waals surface area (Å²) >= 11 is 0. The number of carbonyl (C=O) groups excluding carboxylic acids is 1. The van der Waals surface area contributed by atoms with E-state index in [1.54, 1.807) is 12.1 Å². The molecule has 0 spiro atoms. The van der Waals surface area contributed by atoms with Crippen molar-refractivity contribution in [3.63, 3.8) is 0 Å². The summed E-state index contributed by atoms with van der Waals surface area (Å²) in [6.45, 7) is 13.5. The molecule has 1 saturated heterocycles. The number of ether oxygens (including phenoxy) is 1. The van der Waals surface area contributed by atoms with Crippen molar-refractivity contribution in [1.82, 2.24) is 5.06 Å². The number of hydrogen-bond acceptors (Lipinski definition) is 7. The maximum absolute atomic E-state index is 13.2. The second-order valence-corrected chi connectivity index (χ2v) is 11.8. The predicted octanol–water partition coefficient (Wildman–Crippen LogP) is 4.45. The molecule has 31 heavy (non-hydrogen) atoms. The number of esters is 1. The SMILES string of the molecule is CCC(C)(CC(C)c1ccc(S(=O)(=O)[O-])cc1)C(=O)OC1CC(C)(C)N(O)C(C)(C)C1. The zero-order valence-electron chi connectivity index (χ0n) is 19.6. The predicted molar refractivity (Wildman–Crippen MR) is 117 cm³/mol. The molecular formula is C23H36NO6S-. The third kappa shape index (κ3) is 5.86. The van der Waals surface area contributed by atoms with Crippen molar-refractivity contribution >= 4 is 16.1 Å². The number of rotatable bonds is 7. The molecule has 1 heterocycles. The van der Waals surface area contributed by atoms with Crippen molar-refractivity contribution in [3.05, 3.63) is 29.8 Å². The fourth-order valence-electron chi connectivity index (χ4n) is 4.68. The zero-order chi connectivity index (χ0) is 23.8. The van der Waals surface area contributed by atoms with Crippen LogP contribution in [-0.2, 0) is 19.6 Å². The highest BCUT2D eigenvalue weighted by atomic mass is 32.2. The van der Waals surface area contributed by atoms with E-state index in [-0.39, 0.29) is 22.9 Å². The Bertz CT molecular complexity index is 875. The van der Waals surface area contributed by atoms with E-state index in [4.69, 9.17) is 4.74 Å². The van der Waals surface area contributed by atoms with Crippen LogP contribution in [0.4, 0.5) is 0 Å². The number of piperidine rings is 1. The van der Waals surface area contributed by atoms with E-state index in [2.05, 4.69) is 0 Å². The standard InChI is InChI=1S/C23H37NO6S/c1-8-23(7,13-16(2)17-9-11-19(12-10-17)31(27,28)29)20(25)30-18-14-21(3,4)24(26)22(5,6)15-18/h9-12,16,18,26H,8,13-15H2,1-7H3,(H,27,28,29)/p-1. The maximum Gasteiger partial charge on any atom is 0.312 e. The Morgan fingerprint density at radius 1 is 1.23 bits per heavy atom. The number of benzene rings is 1. The van der Waals surface area contributed by atoms with Gasteiger partial charge in [0.2, 0.25) is 0 Å². The molecule has 0 saturated carbocycles. The van der Waals surface area contributed by atoms with Crippen LogP contribution in [0.5, 0.6) is 0 Å². The molecule has 1 fully saturated rings. The van der Waals surface area contributed by atoms with E-state index >= 15 is 0 Å². The first-order valence-electron chi connectivity index (χ1n) is 10.8.